The van der Waals surface area contributed by atoms with Gasteiger partial charge in [-0.1, -0.05) is 0 Å². The number of nitro groups is 1. The van der Waals surface area contributed by atoms with E-state index in [0.29, 0.717) is 29.7 Å². The van der Waals surface area contributed by atoms with Crippen LogP contribution < -0.4 is 0 Å². The van der Waals surface area contributed by atoms with Gasteiger partial charge in [-0.2, -0.15) is 4.39 Å². The fraction of sp³-hybridized carbons (Fsp3) is 0.526. The van der Waals surface area contributed by atoms with Gasteiger partial charge in [-0.05, 0) is 33.8 Å². The second kappa shape index (κ2) is 6.82. The average Bonchev–Trinajstić information content (AvgIpc) is 3.13. The summed E-state index contributed by atoms with van der Waals surface area (Å²) in [7, 11) is 1.29. The van der Waals surface area contributed by atoms with E-state index in [9.17, 15) is 19.3 Å². The van der Waals surface area contributed by atoms with Crippen LogP contribution in [0.1, 0.15) is 33.4 Å². The van der Waals surface area contributed by atoms with E-state index >= 15 is 0 Å². The molecule has 0 N–H and O–H groups in total. The predicted octanol–water partition coefficient (Wildman–Crippen LogP) is 3.29. The van der Waals surface area contributed by atoms with Crippen LogP contribution in [0.4, 0.5) is 10.1 Å². The number of carbonyl (C=O) groups is 1. The Morgan fingerprint density at radius 3 is 2.64 bits per heavy atom. The lowest BCUT2D eigenvalue weighted by Crippen LogP contribution is -2.34. The molecule has 0 amide bonds. The van der Waals surface area contributed by atoms with E-state index in [0.717, 1.165) is 6.07 Å². The lowest BCUT2D eigenvalue weighted by molar-refractivity contribution is -0.387. The van der Waals surface area contributed by atoms with Gasteiger partial charge in [0, 0.05) is 23.2 Å². The summed E-state index contributed by atoms with van der Waals surface area (Å²) in [6, 6.07) is 3.94. The van der Waals surface area contributed by atoms with Gasteiger partial charge in [0.25, 0.3) is 0 Å². The molecule has 0 aliphatic carbocycles. The van der Waals surface area contributed by atoms with Crippen molar-refractivity contribution >= 4 is 22.6 Å². The van der Waals surface area contributed by atoms with Gasteiger partial charge in [-0.25, -0.2) is 0 Å². The Bertz CT molecular complexity index is 950. The molecule has 2 heterocycles. The molecule has 28 heavy (non-hydrogen) atoms. The number of carbonyl (C=O) groups excluding carboxylic acids is 1. The number of nitro benzene ring substituents is 1. The number of fused-ring (bicyclic) bond motifs is 1. The lowest BCUT2D eigenvalue weighted by atomic mass is 9.89. The van der Waals surface area contributed by atoms with Crippen molar-refractivity contribution in [3.8, 4) is 0 Å². The van der Waals surface area contributed by atoms with Gasteiger partial charge < -0.3 is 18.8 Å². The zero-order valence-electron chi connectivity index (χ0n) is 16.4. The van der Waals surface area contributed by atoms with Crippen molar-refractivity contribution in [1.82, 2.24) is 4.57 Å². The van der Waals surface area contributed by atoms with Crippen molar-refractivity contribution in [2.75, 3.05) is 13.7 Å². The van der Waals surface area contributed by atoms with Crippen molar-refractivity contribution in [1.29, 1.82) is 0 Å². The van der Waals surface area contributed by atoms with Crippen LogP contribution in [0.15, 0.2) is 18.2 Å². The van der Waals surface area contributed by atoms with Crippen LogP contribution in [-0.4, -0.2) is 41.1 Å². The van der Waals surface area contributed by atoms with Gasteiger partial charge in [0.05, 0.1) is 30.7 Å². The molecule has 1 aliphatic heterocycles. The third-order valence-corrected chi connectivity index (χ3v) is 4.96. The summed E-state index contributed by atoms with van der Waals surface area (Å²) in [5, 5.41) is 11.6. The zero-order valence-corrected chi connectivity index (χ0v) is 16.4. The first-order chi connectivity index (χ1) is 13.0. The molecule has 8 nitrogen and oxygen atoms in total. The minimum atomic E-state index is -1.06. The molecule has 0 bridgehead atoms. The summed E-state index contributed by atoms with van der Waals surface area (Å²) in [6.07, 6.45) is -0.323. The molecular weight excluding hydrogens is 371 g/mol. The standard InChI is InChI=1S/C19H23FN2O6/c1-18(2,17(23)26-5)16-7-11-6-15(22(24)25)13(20)8-14(11)21(16)9-12-10-27-19(3,4)28-12/h6-8,12H,9-10H2,1-5H3/t12-/m1/s1. The maximum Gasteiger partial charge on any atom is 0.317 e. The Labute approximate surface area is 161 Å². The molecule has 3 rings (SSSR count). The summed E-state index contributed by atoms with van der Waals surface area (Å²) >= 11 is 0. The third-order valence-electron chi connectivity index (χ3n) is 4.96. The van der Waals surface area contributed by atoms with Crippen molar-refractivity contribution < 1.29 is 28.3 Å². The highest BCUT2D eigenvalue weighted by molar-refractivity contribution is 5.88. The number of hydrogen-bond donors (Lipinski definition) is 0. The summed E-state index contributed by atoms with van der Waals surface area (Å²) in [4.78, 5) is 22.7. The quantitative estimate of drug-likeness (QED) is 0.439. The summed E-state index contributed by atoms with van der Waals surface area (Å²) in [6.45, 7) is 7.58. The fourth-order valence-corrected chi connectivity index (χ4v) is 3.54. The number of halogens is 1. The Kier molecular flexibility index (Phi) is 4.93. The molecule has 1 fully saturated rings. The molecule has 152 valence electrons. The van der Waals surface area contributed by atoms with Crippen LogP contribution in [-0.2, 0) is 31.0 Å². The lowest BCUT2D eigenvalue weighted by Gasteiger charge is -2.25. The number of rotatable bonds is 5. The topological polar surface area (TPSA) is 92.8 Å². The minimum Gasteiger partial charge on any atom is -0.468 e. The van der Waals surface area contributed by atoms with Gasteiger partial charge in [-0.15, -0.1) is 0 Å². The first kappa shape index (κ1) is 20.2. The first-order valence-corrected chi connectivity index (χ1v) is 8.84. The van der Waals surface area contributed by atoms with Crippen molar-refractivity contribution in [3.05, 3.63) is 39.8 Å². The van der Waals surface area contributed by atoms with E-state index in [1.165, 1.54) is 13.2 Å². The van der Waals surface area contributed by atoms with Crippen LogP contribution in [0.5, 0.6) is 0 Å². The second-order valence-corrected chi connectivity index (χ2v) is 7.83. The third kappa shape index (κ3) is 3.47. The Hall–Kier alpha value is -2.52. The van der Waals surface area contributed by atoms with E-state index < -0.39 is 33.6 Å². The van der Waals surface area contributed by atoms with Crippen LogP contribution in [0.2, 0.25) is 0 Å². The van der Waals surface area contributed by atoms with Crippen LogP contribution in [0.3, 0.4) is 0 Å². The molecule has 0 saturated carbocycles. The number of aromatic nitrogens is 1. The van der Waals surface area contributed by atoms with Crippen molar-refractivity contribution in [2.24, 2.45) is 0 Å². The van der Waals surface area contributed by atoms with Crippen molar-refractivity contribution in [2.45, 2.75) is 51.5 Å². The number of nitrogens with zero attached hydrogens (tertiary/aromatic N) is 2. The summed E-state index contributed by atoms with van der Waals surface area (Å²) < 4.78 is 32.4. The predicted molar refractivity (Wildman–Crippen MR) is 98.5 cm³/mol. The molecule has 1 aliphatic rings. The fourth-order valence-electron chi connectivity index (χ4n) is 3.54. The van der Waals surface area contributed by atoms with E-state index in [1.54, 1.807) is 38.3 Å². The summed E-state index contributed by atoms with van der Waals surface area (Å²) in [5.74, 6) is -2.16. The Morgan fingerprint density at radius 1 is 1.43 bits per heavy atom. The molecule has 1 saturated heterocycles. The van der Waals surface area contributed by atoms with Crippen LogP contribution in [0, 0.1) is 15.9 Å². The minimum absolute atomic E-state index is 0.292. The Balaban J connectivity index is 2.17. The molecular formula is C19H23FN2O6. The first-order valence-electron chi connectivity index (χ1n) is 8.84. The maximum atomic E-state index is 14.3. The molecule has 1 atom stereocenters. The SMILES string of the molecule is COC(=O)C(C)(C)c1cc2cc([N+](=O)[O-])c(F)cc2n1C[C@@H]1COC(C)(C)O1. The van der Waals surface area contributed by atoms with Gasteiger partial charge in [0.1, 0.15) is 11.5 Å². The van der Waals surface area contributed by atoms with E-state index in [4.69, 9.17) is 14.2 Å². The Morgan fingerprint density at radius 2 is 2.11 bits per heavy atom. The highest BCUT2D eigenvalue weighted by Crippen LogP contribution is 2.35. The number of ether oxygens (including phenoxy) is 3. The molecule has 0 unspecified atom stereocenters. The monoisotopic (exact) mass is 394 g/mol. The number of benzene rings is 1. The molecule has 2 aromatic rings. The molecule has 1 aromatic heterocycles. The average molecular weight is 394 g/mol. The van der Waals surface area contributed by atoms with E-state index in [1.807, 2.05) is 0 Å². The number of esters is 1. The number of methoxy groups -OCH3 is 1. The van der Waals surface area contributed by atoms with Crippen LogP contribution in [0.25, 0.3) is 10.9 Å². The molecule has 9 heteroatoms. The highest BCUT2D eigenvalue weighted by Gasteiger charge is 2.38. The van der Waals surface area contributed by atoms with Crippen LogP contribution >= 0.6 is 0 Å². The van der Waals surface area contributed by atoms with Crippen molar-refractivity contribution in [3.63, 3.8) is 0 Å². The van der Waals surface area contributed by atoms with Gasteiger partial charge in [-0.3, -0.25) is 14.9 Å². The van der Waals surface area contributed by atoms with E-state index in [-0.39, 0.29) is 6.10 Å². The van der Waals surface area contributed by atoms with Gasteiger partial charge in [0.2, 0.25) is 5.82 Å². The molecule has 0 spiro atoms. The highest BCUT2D eigenvalue weighted by atomic mass is 19.1. The smallest absolute Gasteiger partial charge is 0.317 e. The maximum absolute atomic E-state index is 14.3. The molecule has 0 radical (unpaired) electrons. The normalized spacial score (nSPS) is 19.1. The molecule has 1 aromatic carbocycles. The summed E-state index contributed by atoms with van der Waals surface area (Å²) in [5.41, 5.74) is -0.701. The van der Waals surface area contributed by atoms with E-state index in [2.05, 4.69) is 0 Å². The number of hydrogen-bond acceptors (Lipinski definition) is 6. The second-order valence-electron chi connectivity index (χ2n) is 7.83. The zero-order chi connectivity index (χ0) is 20.9. The van der Waals surface area contributed by atoms with Gasteiger partial charge in [0.15, 0.2) is 5.79 Å². The van der Waals surface area contributed by atoms with Gasteiger partial charge >= 0.3 is 11.7 Å². The largest absolute Gasteiger partial charge is 0.468 e.